The molecule has 0 aromatic carbocycles. The van der Waals surface area contributed by atoms with Gasteiger partial charge in [-0.25, -0.2) is 0 Å². The first kappa shape index (κ1) is 29.9. The van der Waals surface area contributed by atoms with Gasteiger partial charge in [0.1, 0.15) is 6.26 Å². The molecule has 0 aromatic heterocycles. The molecule has 12 atom stereocenters. The van der Waals surface area contributed by atoms with Gasteiger partial charge in [0, 0.05) is 0 Å². The first-order valence-electron chi connectivity index (χ1n) is 15.5. The van der Waals surface area contributed by atoms with E-state index in [9.17, 15) is 15.3 Å². The van der Waals surface area contributed by atoms with Gasteiger partial charge in [0.2, 0.25) is 6.29 Å². The molecule has 0 radical (unpaired) electrons. The molecule has 4 aliphatic carbocycles. The summed E-state index contributed by atoms with van der Waals surface area (Å²) in [4.78, 5) is 0. The van der Waals surface area contributed by atoms with E-state index in [2.05, 4.69) is 54.2 Å². The van der Waals surface area contributed by atoms with Crippen LogP contribution in [0.1, 0.15) is 106 Å². The monoisotopic (exact) mass is 532 g/mol. The van der Waals surface area contributed by atoms with Gasteiger partial charge >= 0.3 is 0 Å². The molecular formula is C33H56O5. The maximum Gasteiger partial charge on any atom is 0.217 e. The van der Waals surface area contributed by atoms with Gasteiger partial charge in [-0.15, -0.1) is 6.58 Å². The second-order valence-electron chi connectivity index (χ2n) is 14.8. The Bertz CT molecular complexity index is 869. The zero-order chi connectivity index (χ0) is 28.0. The van der Waals surface area contributed by atoms with E-state index in [-0.39, 0.29) is 28.5 Å². The molecule has 5 nitrogen and oxygen atoms in total. The average molecular weight is 533 g/mol. The highest BCUT2D eigenvalue weighted by Gasteiger charge is 2.68. The molecular weight excluding hydrogens is 476 g/mol. The maximum absolute atomic E-state index is 11.6. The first-order valence-corrected chi connectivity index (χ1v) is 15.5. The Kier molecular flexibility index (Phi) is 8.73. The number of fused-ring (bicyclic) bond motifs is 5. The van der Waals surface area contributed by atoms with Crippen molar-refractivity contribution in [3.8, 4) is 0 Å². The molecule has 4 rings (SSSR count). The normalized spacial score (nSPS) is 46.7. The highest BCUT2D eigenvalue weighted by Crippen LogP contribution is 2.74. The summed E-state index contributed by atoms with van der Waals surface area (Å²) in [5.41, 5.74) is 0.331. The van der Waals surface area contributed by atoms with E-state index >= 15 is 0 Å². The summed E-state index contributed by atoms with van der Waals surface area (Å²) in [5.74, 6) is 3.01. The lowest BCUT2D eigenvalue weighted by Gasteiger charge is -2.67. The Morgan fingerprint density at radius 3 is 2.37 bits per heavy atom. The molecule has 4 aliphatic rings. The predicted octanol–water partition coefficient (Wildman–Crippen LogP) is 7.54. The molecule has 11 unspecified atom stereocenters. The number of hydrogen-bond donors (Lipinski definition) is 4. The first-order chi connectivity index (χ1) is 17.8. The summed E-state index contributed by atoms with van der Waals surface area (Å²) in [6.45, 7) is 18.9. The van der Waals surface area contributed by atoms with Crippen LogP contribution in [0.15, 0.2) is 24.7 Å². The van der Waals surface area contributed by atoms with E-state index in [4.69, 9.17) is 9.84 Å². The summed E-state index contributed by atoms with van der Waals surface area (Å²) >= 11 is 0. The molecule has 0 heterocycles. The minimum Gasteiger partial charge on any atom is -0.512 e. The molecule has 0 aliphatic heterocycles. The zero-order valence-corrected chi connectivity index (χ0v) is 24.9. The summed E-state index contributed by atoms with van der Waals surface area (Å²) in [6.07, 6.45) is 11.8. The van der Waals surface area contributed by atoms with Gasteiger partial charge in [-0.05, 0) is 103 Å². The summed E-state index contributed by atoms with van der Waals surface area (Å²) in [5, 5.41) is 40.4. The van der Waals surface area contributed by atoms with Gasteiger partial charge in [-0.1, -0.05) is 66.9 Å². The van der Waals surface area contributed by atoms with Crippen molar-refractivity contribution in [3.05, 3.63) is 24.7 Å². The molecule has 0 spiro atoms. The fraction of sp³-hybridized carbons (Fsp3) is 0.879. The fourth-order valence-electron chi connectivity index (χ4n) is 10.9. The van der Waals surface area contributed by atoms with Crippen molar-refractivity contribution in [2.45, 2.75) is 124 Å². The molecule has 4 fully saturated rings. The molecule has 5 heteroatoms. The van der Waals surface area contributed by atoms with Crippen LogP contribution in [-0.2, 0) is 4.74 Å². The Labute approximate surface area is 231 Å². The second kappa shape index (κ2) is 11.1. The molecule has 0 bridgehead atoms. The molecule has 4 N–H and O–H groups in total. The number of rotatable bonds is 9. The summed E-state index contributed by atoms with van der Waals surface area (Å²) < 4.78 is 5.78. The lowest BCUT2D eigenvalue weighted by atomic mass is 9.37. The van der Waals surface area contributed by atoms with Gasteiger partial charge < -0.3 is 25.2 Å². The lowest BCUT2D eigenvalue weighted by molar-refractivity contribution is -0.205. The molecule has 38 heavy (non-hydrogen) atoms. The van der Waals surface area contributed by atoms with E-state index in [1.54, 1.807) is 0 Å². The molecule has 0 amide bonds. The van der Waals surface area contributed by atoms with Crippen molar-refractivity contribution < 1.29 is 25.2 Å². The van der Waals surface area contributed by atoms with Crippen LogP contribution in [0.5, 0.6) is 0 Å². The smallest absolute Gasteiger partial charge is 0.217 e. The van der Waals surface area contributed by atoms with Crippen molar-refractivity contribution in [2.24, 2.45) is 57.7 Å². The minimum atomic E-state index is -1.48. The van der Waals surface area contributed by atoms with Gasteiger partial charge in [0.15, 0.2) is 5.76 Å². The Hall–Kier alpha value is -1.04. The van der Waals surface area contributed by atoms with E-state index in [1.165, 1.54) is 32.1 Å². The number of ether oxygens (including phenoxy) is 1. The third kappa shape index (κ3) is 4.87. The van der Waals surface area contributed by atoms with Crippen LogP contribution in [-0.4, -0.2) is 38.9 Å². The molecule has 4 saturated carbocycles. The van der Waals surface area contributed by atoms with Gasteiger partial charge in [-0.3, -0.25) is 0 Å². The molecule has 0 saturated heterocycles. The van der Waals surface area contributed by atoms with Crippen molar-refractivity contribution >= 4 is 0 Å². The van der Waals surface area contributed by atoms with Gasteiger partial charge in [-0.2, -0.15) is 0 Å². The molecule has 218 valence electrons. The number of aliphatic hydroxyl groups is 4. The quantitative estimate of drug-likeness (QED) is 0.140. The van der Waals surface area contributed by atoms with Crippen LogP contribution in [0.4, 0.5) is 0 Å². The van der Waals surface area contributed by atoms with E-state index < -0.39 is 12.0 Å². The average Bonchev–Trinajstić information content (AvgIpc) is 3.14. The van der Waals surface area contributed by atoms with E-state index in [0.717, 1.165) is 38.0 Å². The topological polar surface area (TPSA) is 90.2 Å². The number of hydrogen-bond acceptors (Lipinski definition) is 5. The fourth-order valence-corrected chi connectivity index (χ4v) is 10.9. The van der Waals surface area contributed by atoms with Crippen LogP contribution < -0.4 is 0 Å². The van der Waals surface area contributed by atoms with Crippen LogP contribution in [0.2, 0.25) is 0 Å². The Balaban J connectivity index is 1.57. The van der Waals surface area contributed by atoms with Crippen LogP contribution >= 0.6 is 0 Å². The maximum atomic E-state index is 11.6. The Morgan fingerprint density at radius 2 is 1.74 bits per heavy atom. The highest BCUT2D eigenvalue weighted by atomic mass is 16.6. The lowest BCUT2D eigenvalue weighted by Crippen LogP contribution is -2.61. The number of allylic oxidation sites excluding steroid dienone is 1. The second-order valence-corrected chi connectivity index (χ2v) is 14.8. The van der Waals surface area contributed by atoms with Crippen molar-refractivity contribution in [1.82, 2.24) is 0 Å². The highest BCUT2D eigenvalue weighted by molar-refractivity contribution is 5.22. The van der Waals surface area contributed by atoms with Crippen LogP contribution in [0, 0.1) is 57.7 Å². The minimum absolute atomic E-state index is 0.0378. The molecule has 0 aromatic rings. The zero-order valence-electron chi connectivity index (χ0n) is 24.9. The van der Waals surface area contributed by atoms with E-state index in [1.807, 2.05) is 0 Å². The van der Waals surface area contributed by atoms with E-state index in [0.29, 0.717) is 41.8 Å². The summed E-state index contributed by atoms with van der Waals surface area (Å²) in [7, 11) is 0. The van der Waals surface area contributed by atoms with Crippen LogP contribution in [0.3, 0.4) is 0 Å². The van der Waals surface area contributed by atoms with Gasteiger partial charge in [0.05, 0.1) is 12.2 Å². The SMILES string of the molecule is C=CC12CC(C)C3CC(OC(O)C(O)=CO)CCC3(C)C1CCC1(C)C([C@H](C)CCCC(C)C)C(O)CC12. The van der Waals surface area contributed by atoms with Crippen molar-refractivity contribution in [3.63, 3.8) is 0 Å². The summed E-state index contributed by atoms with van der Waals surface area (Å²) in [6, 6.07) is 0. The largest absolute Gasteiger partial charge is 0.512 e. The van der Waals surface area contributed by atoms with Crippen molar-refractivity contribution in [1.29, 1.82) is 0 Å². The third-order valence-electron chi connectivity index (χ3n) is 12.4. The van der Waals surface area contributed by atoms with Crippen molar-refractivity contribution in [2.75, 3.05) is 0 Å². The van der Waals surface area contributed by atoms with Gasteiger partial charge in [0.25, 0.3) is 0 Å². The Morgan fingerprint density at radius 1 is 1.05 bits per heavy atom. The third-order valence-corrected chi connectivity index (χ3v) is 12.4. The standard InChI is InChI=1S/C33H56O5/c1-8-33-18-22(5)24-16-23(38-30(37)26(36)19-34)12-14-31(24,6)27(33)13-15-32(7)28(33)17-25(35)29(32)21(4)11-9-10-20(2)3/h8,19-25,27-30,34-37H,1,9-18H2,2-7H3/t21-,22?,23?,24?,25?,27?,28?,29?,30?,31?,32?,33?/m1/s1. The number of aliphatic hydroxyl groups excluding tert-OH is 4. The predicted molar refractivity (Wildman–Crippen MR) is 152 cm³/mol. The van der Waals surface area contributed by atoms with Crippen LogP contribution in [0.25, 0.3) is 0 Å².